The van der Waals surface area contributed by atoms with Crippen LogP contribution in [0, 0.1) is 0 Å². The summed E-state index contributed by atoms with van der Waals surface area (Å²) in [4.78, 5) is 36.0. The molecule has 1 atom stereocenters. The van der Waals surface area contributed by atoms with Gasteiger partial charge >= 0.3 is 6.18 Å². The van der Waals surface area contributed by atoms with Crippen LogP contribution >= 0.6 is 0 Å². The number of benzene rings is 4. The number of hydrogen-bond acceptors (Lipinski definition) is 4. The number of rotatable bonds is 5. The third-order valence-electron chi connectivity index (χ3n) is 9.07. The summed E-state index contributed by atoms with van der Waals surface area (Å²) in [6.07, 6.45) is -3.76. The molecule has 1 fully saturated rings. The fourth-order valence-corrected chi connectivity index (χ4v) is 6.39. The molecule has 7 rings (SSSR count). The molecule has 2 N–H and O–H groups in total. The fraction of sp³-hybridized carbons (Fsp3) is 0.250. The second kappa shape index (κ2) is 11.0. The van der Waals surface area contributed by atoms with Crippen molar-refractivity contribution in [2.24, 2.45) is 0 Å². The maximum atomic E-state index is 13.5. The summed E-state index contributed by atoms with van der Waals surface area (Å²) in [6.45, 7) is 0.149. The summed E-state index contributed by atoms with van der Waals surface area (Å²) < 4.78 is 39.6. The summed E-state index contributed by atoms with van der Waals surface area (Å²) in [5.41, 5.74) is 2.34. The lowest BCUT2D eigenvalue weighted by atomic mass is 9.91. The molecule has 228 valence electrons. The number of aliphatic hydroxyl groups is 1. The number of carbonyl (C=O) groups excluding carboxylic acids is 1. The molecule has 45 heavy (non-hydrogen) atoms. The number of aromatic amines is 1. The molecule has 4 aromatic carbocycles. The van der Waals surface area contributed by atoms with E-state index in [0.29, 0.717) is 29.9 Å². The van der Waals surface area contributed by atoms with Gasteiger partial charge in [-0.3, -0.25) is 9.59 Å². The lowest BCUT2D eigenvalue weighted by molar-refractivity contribution is -0.142. The molecule has 0 radical (unpaired) electrons. The molecule has 0 spiro atoms. The highest BCUT2D eigenvalue weighted by molar-refractivity contribution is 5.87. The first-order chi connectivity index (χ1) is 21.6. The third kappa shape index (κ3) is 5.42. The van der Waals surface area contributed by atoms with Crippen LogP contribution in [0.25, 0.3) is 21.9 Å². The van der Waals surface area contributed by atoms with Crippen LogP contribution in [0.3, 0.4) is 0 Å². The van der Waals surface area contributed by atoms with Gasteiger partial charge < -0.3 is 15.0 Å². The van der Waals surface area contributed by atoms with Gasteiger partial charge in [0.2, 0.25) is 0 Å². The minimum Gasteiger partial charge on any atom is -0.378 e. The van der Waals surface area contributed by atoms with E-state index in [0.717, 1.165) is 53.1 Å². The van der Waals surface area contributed by atoms with E-state index >= 15 is 0 Å². The van der Waals surface area contributed by atoms with Crippen LogP contribution in [0.1, 0.15) is 59.1 Å². The maximum absolute atomic E-state index is 13.5. The van der Waals surface area contributed by atoms with Crippen LogP contribution in [0.4, 0.5) is 13.2 Å². The fourth-order valence-electron chi connectivity index (χ4n) is 6.39. The van der Waals surface area contributed by atoms with Gasteiger partial charge in [-0.1, -0.05) is 72.8 Å². The monoisotopic (exact) mass is 609 g/mol. The summed E-state index contributed by atoms with van der Waals surface area (Å²) in [6, 6.07) is 27.1. The van der Waals surface area contributed by atoms with E-state index in [1.54, 1.807) is 0 Å². The van der Waals surface area contributed by atoms with E-state index in [1.807, 2.05) is 18.2 Å². The Labute approximate surface area is 257 Å². The molecule has 6 nitrogen and oxygen atoms in total. The van der Waals surface area contributed by atoms with Crippen molar-refractivity contribution < 1.29 is 23.1 Å². The van der Waals surface area contributed by atoms with Crippen LogP contribution in [0.15, 0.2) is 95.8 Å². The summed E-state index contributed by atoms with van der Waals surface area (Å²) in [5.74, 6) is -0.152. The normalized spacial score (nSPS) is 16.6. The first-order valence-electron chi connectivity index (χ1n) is 15.0. The summed E-state index contributed by atoms with van der Waals surface area (Å²) >= 11 is 0. The molecule has 1 saturated carbocycles. The number of aromatic nitrogens is 2. The van der Waals surface area contributed by atoms with Gasteiger partial charge in [-0.25, -0.2) is 4.98 Å². The van der Waals surface area contributed by atoms with Crippen molar-refractivity contribution in [1.82, 2.24) is 14.9 Å². The summed E-state index contributed by atoms with van der Waals surface area (Å²) in [7, 11) is 0. The average Bonchev–Trinajstić information content (AvgIpc) is 3.88. The maximum Gasteiger partial charge on any atom is 0.416 e. The van der Waals surface area contributed by atoms with E-state index in [9.17, 15) is 27.9 Å². The number of alkyl halides is 3. The Morgan fingerprint density at radius 3 is 2.44 bits per heavy atom. The summed E-state index contributed by atoms with van der Waals surface area (Å²) in [5, 5.41) is 13.1. The molecule has 0 bridgehead atoms. The number of aliphatic hydroxyl groups excluding tert-OH is 1. The molecule has 1 amide bonds. The molecule has 9 heteroatoms. The largest absolute Gasteiger partial charge is 0.416 e. The van der Waals surface area contributed by atoms with Crippen molar-refractivity contribution in [2.75, 3.05) is 6.54 Å². The Bertz CT molecular complexity index is 2000. The van der Waals surface area contributed by atoms with Gasteiger partial charge in [0.25, 0.3) is 11.5 Å². The molecule has 5 aromatic rings. The number of carbonyl (C=O) groups is 1. The van der Waals surface area contributed by atoms with Crippen molar-refractivity contribution in [2.45, 2.75) is 49.9 Å². The Morgan fingerprint density at radius 2 is 1.67 bits per heavy atom. The predicted octanol–water partition coefficient (Wildman–Crippen LogP) is 6.70. The molecule has 1 aromatic heterocycles. The Balaban J connectivity index is 1.15. The Hall–Kier alpha value is -4.76. The number of aryl methyl sites for hydroxylation is 1. The van der Waals surface area contributed by atoms with Crippen molar-refractivity contribution in [3.63, 3.8) is 0 Å². The standard InChI is InChI=1S/C36H30F3N3O3/c37-36(38,39)28-11-4-9-26(20-28)31(43)33(45)42-17-5-12-30-29(21-42)32(44)41-34(40-30)35(15-16-35)27-10-3-8-24(19-27)25-14-13-22-6-1-2-7-23(22)18-25/h1-4,6-11,13-14,18-20,31,43H,5,12,15-17,21H2,(H,40,41,44)/t31-/m1/s1. The number of nitrogens with one attached hydrogen (secondary N) is 1. The number of fused-ring (bicyclic) bond motifs is 2. The van der Waals surface area contributed by atoms with E-state index in [-0.39, 0.29) is 24.2 Å². The van der Waals surface area contributed by atoms with Gasteiger partial charge in [0.05, 0.1) is 28.8 Å². The highest BCUT2D eigenvalue weighted by atomic mass is 19.4. The van der Waals surface area contributed by atoms with Gasteiger partial charge in [-0.05, 0) is 76.9 Å². The van der Waals surface area contributed by atoms with Crippen molar-refractivity contribution in [1.29, 1.82) is 0 Å². The van der Waals surface area contributed by atoms with Gasteiger partial charge in [-0.15, -0.1) is 0 Å². The first kappa shape index (κ1) is 29.0. The van der Waals surface area contributed by atoms with Crippen LogP contribution in [-0.4, -0.2) is 32.4 Å². The topological polar surface area (TPSA) is 86.3 Å². The predicted molar refractivity (Wildman–Crippen MR) is 164 cm³/mol. The molecular weight excluding hydrogens is 579 g/mol. The van der Waals surface area contributed by atoms with E-state index < -0.39 is 29.2 Å². The zero-order valence-electron chi connectivity index (χ0n) is 24.3. The Kier molecular flexibility index (Phi) is 7.08. The minimum atomic E-state index is -4.60. The van der Waals surface area contributed by atoms with Crippen molar-refractivity contribution in [3.05, 3.63) is 135 Å². The van der Waals surface area contributed by atoms with Crippen LogP contribution in [-0.2, 0) is 29.4 Å². The smallest absolute Gasteiger partial charge is 0.378 e. The number of H-pyrrole nitrogens is 1. The molecule has 1 aliphatic carbocycles. The van der Waals surface area contributed by atoms with Crippen LogP contribution < -0.4 is 5.56 Å². The SMILES string of the molecule is O=C([C@H](O)c1cccc(C(F)(F)F)c1)N1CCCc2nc(C3(c4cccc(-c5ccc6ccccc6c5)c4)CC3)[nH]c(=O)c2C1. The van der Waals surface area contributed by atoms with Gasteiger partial charge in [0.15, 0.2) is 6.10 Å². The quantitative estimate of drug-likeness (QED) is 0.232. The van der Waals surface area contributed by atoms with Crippen LogP contribution in [0.2, 0.25) is 0 Å². The molecule has 2 aliphatic rings. The third-order valence-corrected chi connectivity index (χ3v) is 9.07. The lowest BCUT2D eigenvalue weighted by Gasteiger charge is -2.24. The van der Waals surface area contributed by atoms with Gasteiger partial charge in [0.1, 0.15) is 5.82 Å². The van der Waals surface area contributed by atoms with E-state index in [2.05, 4.69) is 53.5 Å². The first-order valence-corrected chi connectivity index (χ1v) is 15.0. The number of amides is 1. The van der Waals surface area contributed by atoms with Crippen molar-refractivity contribution in [3.8, 4) is 11.1 Å². The van der Waals surface area contributed by atoms with E-state index in [4.69, 9.17) is 4.98 Å². The zero-order valence-corrected chi connectivity index (χ0v) is 24.3. The number of nitrogens with zero attached hydrogens (tertiary/aromatic N) is 2. The number of halogens is 3. The van der Waals surface area contributed by atoms with Crippen LogP contribution in [0.5, 0.6) is 0 Å². The van der Waals surface area contributed by atoms with Crippen molar-refractivity contribution >= 4 is 16.7 Å². The average molecular weight is 610 g/mol. The highest BCUT2D eigenvalue weighted by Crippen LogP contribution is 2.52. The van der Waals surface area contributed by atoms with Gasteiger partial charge in [-0.2, -0.15) is 13.2 Å². The second-order valence-corrected chi connectivity index (χ2v) is 12.0. The highest BCUT2D eigenvalue weighted by Gasteiger charge is 2.49. The second-order valence-electron chi connectivity index (χ2n) is 12.0. The lowest BCUT2D eigenvalue weighted by Crippen LogP contribution is -2.36. The molecule has 2 heterocycles. The number of hydrogen-bond donors (Lipinski definition) is 2. The Morgan fingerprint density at radius 1 is 0.911 bits per heavy atom. The molecule has 0 unspecified atom stereocenters. The van der Waals surface area contributed by atoms with Gasteiger partial charge in [0, 0.05) is 6.54 Å². The molecular formula is C36H30F3N3O3. The zero-order chi connectivity index (χ0) is 31.3. The molecule has 0 saturated heterocycles. The van der Waals surface area contributed by atoms with E-state index in [1.165, 1.54) is 16.4 Å². The molecule has 1 aliphatic heterocycles. The minimum absolute atomic E-state index is 0.0861.